The van der Waals surface area contributed by atoms with Crippen LogP contribution in [-0.2, 0) is 9.53 Å². The van der Waals surface area contributed by atoms with Gasteiger partial charge < -0.3 is 15.4 Å². The summed E-state index contributed by atoms with van der Waals surface area (Å²) in [6.45, 7) is 2.94. The van der Waals surface area contributed by atoms with Gasteiger partial charge in [-0.25, -0.2) is 0 Å². The van der Waals surface area contributed by atoms with Gasteiger partial charge in [-0.1, -0.05) is 0 Å². The fourth-order valence-electron chi connectivity index (χ4n) is 2.57. The van der Waals surface area contributed by atoms with Crippen LogP contribution in [0.2, 0.25) is 0 Å². The molecule has 2 aliphatic heterocycles. The first-order valence-corrected chi connectivity index (χ1v) is 5.88. The highest BCUT2D eigenvalue weighted by molar-refractivity contribution is 5.76. The lowest BCUT2D eigenvalue weighted by Crippen LogP contribution is -2.41. The van der Waals surface area contributed by atoms with Gasteiger partial charge in [0, 0.05) is 32.7 Å². The van der Waals surface area contributed by atoms with Gasteiger partial charge in [0.2, 0.25) is 5.91 Å². The lowest BCUT2D eigenvalue weighted by Gasteiger charge is -2.33. The molecule has 2 heterocycles. The minimum absolute atomic E-state index is 0.0114. The molecule has 86 valence electrons. The molecule has 0 radical (unpaired) electrons. The number of carbonyl (C=O) groups is 1. The topological polar surface area (TPSA) is 55.6 Å². The van der Waals surface area contributed by atoms with Crippen LogP contribution in [0.4, 0.5) is 0 Å². The van der Waals surface area contributed by atoms with Crippen molar-refractivity contribution in [3.63, 3.8) is 0 Å². The van der Waals surface area contributed by atoms with Crippen molar-refractivity contribution in [1.29, 1.82) is 0 Å². The molecule has 1 spiro atoms. The third kappa shape index (κ3) is 2.32. The molecular formula is C11H20N2O2. The van der Waals surface area contributed by atoms with E-state index in [-0.39, 0.29) is 11.5 Å². The van der Waals surface area contributed by atoms with Gasteiger partial charge in [-0.15, -0.1) is 0 Å². The molecule has 4 heteroatoms. The van der Waals surface area contributed by atoms with Gasteiger partial charge >= 0.3 is 0 Å². The highest BCUT2D eigenvalue weighted by Gasteiger charge is 2.41. The molecule has 4 nitrogen and oxygen atoms in total. The molecule has 2 saturated heterocycles. The molecule has 0 aromatic rings. The first kappa shape index (κ1) is 10.9. The van der Waals surface area contributed by atoms with E-state index < -0.39 is 0 Å². The van der Waals surface area contributed by atoms with Gasteiger partial charge in [0.05, 0.1) is 5.60 Å². The fourth-order valence-corrected chi connectivity index (χ4v) is 2.57. The SMILES string of the molecule is NCCC(=O)N1CC[C@@]2(CCCCO2)C1. The molecule has 15 heavy (non-hydrogen) atoms. The minimum Gasteiger partial charge on any atom is -0.373 e. The maximum absolute atomic E-state index is 11.7. The summed E-state index contributed by atoms with van der Waals surface area (Å²) in [5.74, 6) is 0.184. The normalized spacial score (nSPS) is 31.1. The zero-order valence-electron chi connectivity index (χ0n) is 9.21. The quantitative estimate of drug-likeness (QED) is 0.725. The summed E-state index contributed by atoms with van der Waals surface area (Å²) in [5, 5.41) is 0. The average molecular weight is 212 g/mol. The Morgan fingerprint density at radius 3 is 2.93 bits per heavy atom. The number of nitrogens with zero attached hydrogens (tertiary/aromatic N) is 1. The summed E-state index contributed by atoms with van der Waals surface area (Å²) in [6, 6.07) is 0. The Kier molecular flexibility index (Phi) is 3.26. The molecule has 2 fully saturated rings. The molecule has 0 aliphatic carbocycles. The zero-order valence-corrected chi connectivity index (χ0v) is 9.21. The van der Waals surface area contributed by atoms with Crippen LogP contribution in [-0.4, -0.2) is 42.6 Å². The Hall–Kier alpha value is -0.610. The van der Waals surface area contributed by atoms with Crippen LogP contribution in [0.15, 0.2) is 0 Å². The van der Waals surface area contributed by atoms with E-state index >= 15 is 0 Å². The van der Waals surface area contributed by atoms with Crippen LogP contribution in [0, 0.1) is 0 Å². The average Bonchev–Trinajstić information content (AvgIpc) is 2.64. The number of amides is 1. The molecule has 0 saturated carbocycles. The first-order valence-electron chi connectivity index (χ1n) is 5.88. The third-order valence-electron chi connectivity index (χ3n) is 3.46. The zero-order chi connectivity index (χ0) is 10.7. The van der Waals surface area contributed by atoms with E-state index in [4.69, 9.17) is 10.5 Å². The Balaban J connectivity index is 1.90. The molecular weight excluding hydrogens is 192 g/mol. The first-order chi connectivity index (χ1) is 7.26. The van der Waals surface area contributed by atoms with Crippen molar-refractivity contribution in [2.24, 2.45) is 5.73 Å². The summed E-state index contributed by atoms with van der Waals surface area (Å²) in [6.07, 6.45) is 4.98. The van der Waals surface area contributed by atoms with Gasteiger partial charge in [0.25, 0.3) is 0 Å². The molecule has 0 aromatic carbocycles. The number of hydrogen-bond donors (Lipinski definition) is 1. The van der Waals surface area contributed by atoms with Crippen molar-refractivity contribution in [3.05, 3.63) is 0 Å². The van der Waals surface area contributed by atoms with Crippen LogP contribution >= 0.6 is 0 Å². The van der Waals surface area contributed by atoms with Crippen LogP contribution < -0.4 is 5.73 Å². The van der Waals surface area contributed by atoms with Crippen molar-refractivity contribution < 1.29 is 9.53 Å². The predicted molar refractivity (Wildman–Crippen MR) is 57.4 cm³/mol. The van der Waals surface area contributed by atoms with Crippen LogP contribution in [0.1, 0.15) is 32.1 Å². The van der Waals surface area contributed by atoms with Gasteiger partial charge in [0.15, 0.2) is 0 Å². The summed E-state index contributed by atoms with van der Waals surface area (Å²) >= 11 is 0. The van der Waals surface area contributed by atoms with Gasteiger partial charge in [-0.3, -0.25) is 4.79 Å². The summed E-state index contributed by atoms with van der Waals surface area (Å²) < 4.78 is 5.86. The van der Waals surface area contributed by atoms with Gasteiger partial charge in [-0.05, 0) is 25.7 Å². The molecule has 0 unspecified atom stereocenters. The number of ether oxygens (including phenoxy) is 1. The van der Waals surface area contributed by atoms with E-state index in [2.05, 4.69) is 0 Å². The van der Waals surface area contributed by atoms with E-state index in [9.17, 15) is 4.79 Å². The van der Waals surface area contributed by atoms with E-state index in [1.165, 1.54) is 12.8 Å². The van der Waals surface area contributed by atoms with Crippen molar-refractivity contribution >= 4 is 5.91 Å². The Labute approximate surface area is 90.8 Å². The van der Waals surface area contributed by atoms with Crippen molar-refractivity contribution in [2.75, 3.05) is 26.2 Å². The van der Waals surface area contributed by atoms with Crippen LogP contribution in [0.25, 0.3) is 0 Å². The van der Waals surface area contributed by atoms with Crippen molar-refractivity contribution in [2.45, 2.75) is 37.7 Å². The maximum atomic E-state index is 11.7. The fraction of sp³-hybridized carbons (Fsp3) is 0.909. The molecule has 2 rings (SSSR count). The van der Waals surface area contributed by atoms with Crippen LogP contribution in [0.3, 0.4) is 0 Å². The standard InChI is InChI=1S/C11H20N2O2/c12-6-3-10(14)13-7-5-11(9-13)4-1-2-8-15-11/h1-9,12H2/t11-/m0/s1. The Bertz CT molecular complexity index is 237. The number of hydrogen-bond acceptors (Lipinski definition) is 3. The predicted octanol–water partition coefficient (Wildman–Crippen LogP) is 0.507. The third-order valence-corrected chi connectivity index (χ3v) is 3.46. The number of nitrogens with two attached hydrogens (primary N) is 1. The second kappa shape index (κ2) is 4.49. The van der Waals surface area contributed by atoms with Crippen LogP contribution in [0.5, 0.6) is 0 Å². The van der Waals surface area contributed by atoms with Gasteiger partial charge in [-0.2, -0.15) is 0 Å². The molecule has 0 bridgehead atoms. The maximum Gasteiger partial charge on any atom is 0.223 e. The number of rotatable bonds is 2. The molecule has 0 aromatic heterocycles. The van der Waals surface area contributed by atoms with E-state index in [1.807, 2.05) is 4.90 Å². The second-order valence-electron chi connectivity index (χ2n) is 4.59. The van der Waals surface area contributed by atoms with Crippen molar-refractivity contribution in [1.82, 2.24) is 4.90 Å². The van der Waals surface area contributed by atoms with E-state index in [0.717, 1.165) is 32.5 Å². The molecule has 1 atom stereocenters. The Morgan fingerprint density at radius 2 is 2.27 bits per heavy atom. The molecule has 2 N–H and O–H groups in total. The number of carbonyl (C=O) groups excluding carboxylic acids is 1. The Morgan fingerprint density at radius 1 is 1.40 bits per heavy atom. The van der Waals surface area contributed by atoms with E-state index in [0.29, 0.717) is 13.0 Å². The summed E-state index contributed by atoms with van der Waals surface area (Å²) in [4.78, 5) is 13.6. The minimum atomic E-state index is -0.0114. The lowest BCUT2D eigenvalue weighted by molar-refractivity contribution is -0.132. The second-order valence-corrected chi connectivity index (χ2v) is 4.59. The summed E-state index contributed by atoms with van der Waals surface area (Å²) in [5.41, 5.74) is 5.38. The largest absolute Gasteiger partial charge is 0.373 e. The highest BCUT2D eigenvalue weighted by atomic mass is 16.5. The van der Waals surface area contributed by atoms with Gasteiger partial charge in [0.1, 0.15) is 0 Å². The summed E-state index contributed by atoms with van der Waals surface area (Å²) in [7, 11) is 0. The highest BCUT2D eigenvalue weighted by Crippen LogP contribution is 2.34. The smallest absolute Gasteiger partial charge is 0.223 e. The lowest BCUT2D eigenvalue weighted by atomic mass is 9.93. The molecule has 1 amide bonds. The van der Waals surface area contributed by atoms with Crippen molar-refractivity contribution in [3.8, 4) is 0 Å². The van der Waals surface area contributed by atoms with E-state index in [1.54, 1.807) is 0 Å². The number of likely N-dealkylation sites (tertiary alicyclic amines) is 1. The molecule has 2 aliphatic rings. The monoisotopic (exact) mass is 212 g/mol.